The molecule has 6 nitrogen and oxygen atoms in total. The van der Waals surface area contributed by atoms with E-state index >= 15 is 0 Å². The van der Waals surface area contributed by atoms with Crippen molar-refractivity contribution in [3.8, 4) is 0 Å². The zero-order chi connectivity index (χ0) is 23.0. The average Bonchev–Trinajstić information content (AvgIpc) is 3.17. The molecular formula is C25H43N4O2+. The molecule has 3 N–H and O–H groups in total. The molecule has 0 unspecified atom stereocenters. The maximum atomic E-state index is 13.0. The first kappa shape index (κ1) is 25.2. The van der Waals surface area contributed by atoms with Gasteiger partial charge in [0.05, 0.1) is 26.2 Å². The Labute approximate surface area is 188 Å². The fourth-order valence-electron chi connectivity index (χ4n) is 4.41. The molecule has 2 amide bonds. The van der Waals surface area contributed by atoms with Crippen molar-refractivity contribution in [1.29, 1.82) is 0 Å². The number of carbonyl (C=O) groups is 2. The van der Waals surface area contributed by atoms with Gasteiger partial charge in [-0.05, 0) is 48.8 Å². The summed E-state index contributed by atoms with van der Waals surface area (Å²) in [5, 5.41) is 6.08. The summed E-state index contributed by atoms with van der Waals surface area (Å²) in [6, 6.07) is 5.75. The number of nitrogens with one attached hydrogen (secondary N) is 3. The van der Waals surface area contributed by atoms with Crippen molar-refractivity contribution >= 4 is 23.2 Å². The van der Waals surface area contributed by atoms with E-state index in [2.05, 4.69) is 57.3 Å². The van der Waals surface area contributed by atoms with Gasteiger partial charge in [-0.3, -0.25) is 9.59 Å². The molecule has 1 aromatic rings. The summed E-state index contributed by atoms with van der Waals surface area (Å²) >= 11 is 0. The Bertz CT molecular complexity index is 734. The Morgan fingerprint density at radius 1 is 1.16 bits per heavy atom. The van der Waals surface area contributed by atoms with E-state index in [0.717, 1.165) is 51.0 Å². The monoisotopic (exact) mass is 431 g/mol. The van der Waals surface area contributed by atoms with Crippen LogP contribution >= 0.6 is 0 Å². The highest BCUT2D eigenvalue weighted by molar-refractivity contribution is 6.02. The molecule has 1 aromatic carbocycles. The molecule has 0 aliphatic carbocycles. The molecule has 0 aromatic heterocycles. The van der Waals surface area contributed by atoms with Gasteiger partial charge in [-0.25, -0.2) is 0 Å². The lowest BCUT2D eigenvalue weighted by Gasteiger charge is -2.23. The van der Waals surface area contributed by atoms with Crippen molar-refractivity contribution in [3.05, 3.63) is 23.8 Å². The summed E-state index contributed by atoms with van der Waals surface area (Å²) in [6.45, 7) is 12.3. The van der Waals surface area contributed by atoms with Crippen molar-refractivity contribution in [2.75, 3.05) is 50.5 Å². The Kier molecular flexibility index (Phi) is 9.35. The Morgan fingerprint density at radius 3 is 2.45 bits per heavy atom. The van der Waals surface area contributed by atoms with E-state index in [1.165, 1.54) is 4.90 Å². The highest BCUT2D eigenvalue weighted by Crippen LogP contribution is 2.29. The van der Waals surface area contributed by atoms with Crippen LogP contribution in [0.2, 0.25) is 0 Å². The molecule has 0 saturated carbocycles. The van der Waals surface area contributed by atoms with Gasteiger partial charge in [0.15, 0.2) is 0 Å². The summed E-state index contributed by atoms with van der Waals surface area (Å²) in [5.74, 6) is 0.254. The highest BCUT2D eigenvalue weighted by atomic mass is 16.2. The highest BCUT2D eigenvalue weighted by Gasteiger charge is 2.21. The zero-order valence-electron chi connectivity index (χ0n) is 20.4. The van der Waals surface area contributed by atoms with E-state index in [1.807, 2.05) is 18.2 Å². The molecule has 1 aliphatic rings. The number of hydrogen-bond donors (Lipinski definition) is 3. The summed E-state index contributed by atoms with van der Waals surface area (Å²) < 4.78 is 0. The Hall–Kier alpha value is -2.08. The van der Waals surface area contributed by atoms with Crippen LogP contribution < -0.4 is 20.4 Å². The molecule has 31 heavy (non-hydrogen) atoms. The first-order valence-electron chi connectivity index (χ1n) is 11.8. The van der Waals surface area contributed by atoms with Gasteiger partial charge in [0, 0.05) is 43.9 Å². The van der Waals surface area contributed by atoms with Gasteiger partial charge in [0.2, 0.25) is 5.91 Å². The maximum Gasteiger partial charge on any atom is 0.253 e. The molecule has 6 heteroatoms. The molecule has 1 heterocycles. The molecule has 1 fully saturated rings. The maximum absolute atomic E-state index is 13.0. The van der Waals surface area contributed by atoms with Gasteiger partial charge < -0.3 is 20.4 Å². The Balaban J connectivity index is 2.08. The number of nitrogens with zero attached hydrogens (tertiary/aromatic N) is 1. The number of hydrogen-bond acceptors (Lipinski definition) is 3. The van der Waals surface area contributed by atoms with Gasteiger partial charge in [-0.2, -0.15) is 0 Å². The van der Waals surface area contributed by atoms with Gasteiger partial charge in [-0.1, -0.05) is 27.7 Å². The van der Waals surface area contributed by atoms with Crippen LogP contribution in [0.1, 0.15) is 70.2 Å². The minimum Gasteiger partial charge on any atom is -0.371 e. The predicted octanol–water partition coefficient (Wildman–Crippen LogP) is 2.95. The molecule has 1 atom stereocenters. The van der Waals surface area contributed by atoms with Crippen LogP contribution in [0.25, 0.3) is 0 Å². The molecule has 1 aliphatic heterocycles. The lowest BCUT2D eigenvalue weighted by molar-refractivity contribution is -0.858. The SMILES string of the molecule is C[C@H](CC(=O)Nc1ccc(N2CCCC2)c(C(=O)NCCC[NH+](C)C)c1)CC(C)(C)C. The van der Waals surface area contributed by atoms with E-state index < -0.39 is 0 Å². The molecule has 0 spiro atoms. The third kappa shape index (κ3) is 8.90. The second kappa shape index (κ2) is 11.5. The largest absolute Gasteiger partial charge is 0.371 e. The molecular weight excluding hydrogens is 388 g/mol. The van der Waals surface area contributed by atoms with Crippen molar-refractivity contribution in [2.24, 2.45) is 11.3 Å². The average molecular weight is 432 g/mol. The summed E-state index contributed by atoms with van der Waals surface area (Å²) in [7, 11) is 4.23. The summed E-state index contributed by atoms with van der Waals surface area (Å²) in [6.07, 6.45) is 4.72. The van der Waals surface area contributed by atoms with Crippen LogP contribution in [0.15, 0.2) is 18.2 Å². The van der Waals surface area contributed by atoms with E-state index in [-0.39, 0.29) is 17.2 Å². The number of carbonyl (C=O) groups excluding carboxylic acids is 2. The lowest BCUT2D eigenvalue weighted by atomic mass is 9.84. The number of quaternary nitrogens is 1. The first-order chi connectivity index (χ1) is 14.5. The van der Waals surface area contributed by atoms with E-state index in [4.69, 9.17) is 0 Å². The number of amides is 2. The van der Waals surface area contributed by atoms with E-state index in [1.54, 1.807) is 0 Å². The van der Waals surface area contributed by atoms with Gasteiger partial charge in [0.25, 0.3) is 5.91 Å². The normalized spacial score (nSPS) is 15.3. The fourth-order valence-corrected chi connectivity index (χ4v) is 4.41. The van der Waals surface area contributed by atoms with Crippen LogP contribution in [0.5, 0.6) is 0 Å². The van der Waals surface area contributed by atoms with Crippen molar-refractivity contribution in [2.45, 2.75) is 59.8 Å². The minimum absolute atomic E-state index is 0.00555. The van der Waals surface area contributed by atoms with Crippen LogP contribution in [-0.2, 0) is 4.79 Å². The summed E-state index contributed by atoms with van der Waals surface area (Å²) in [5.41, 5.74) is 2.52. The molecule has 0 radical (unpaired) electrons. The van der Waals surface area contributed by atoms with Crippen LogP contribution in [0, 0.1) is 11.3 Å². The summed E-state index contributed by atoms with van der Waals surface area (Å²) in [4.78, 5) is 29.2. The minimum atomic E-state index is -0.0622. The van der Waals surface area contributed by atoms with Crippen molar-refractivity contribution < 1.29 is 14.5 Å². The van der Waals surface area contributed by atoms with Gasteiger partial charge in [0.1, 0.15) is 0 Å². The lowest BCUT2D eigenvalue weighted by Crippen LogP contribution is -3.05. The second-order valence-corrected chi connectivity index (χ2v) is 10.6. The molecule has 1 saturated heterocycles. The standard InChI is InChI=1S/C25H42N4O2/c1-19(18-25(2,3)4)16-23(30)27-20-10-11-22(29-14-7-8-15-29)21(17-20)24(31)26-12-9-13-28(5)6/h10-11,17,19H,7-9,12-16,18H2,1-6H3,(H,26,31)(H,27,30)/p+1/t19-/m1/s1. The third-order valence-electron chi connectivity index (χ3n) is 5.61. The van der Waals surface area contributed by atoms with Gasteiger partial charge in [-0.15, -0.1) is 0 Å². The smallest absolute Gasteiger partial charge is 0.253 e. The zero-order valence-corrected chi connectivity index (χ0v) is 20.4. The number of anilines is 2. The Morgan fingerprint density at radius 2 is 1.84 bits per heavy atom. The number of rotatable bonds is 10. The van der Waals surface area contributed by atoms with Crippen LogP contribution in [0.3, 0.4) is 0 Å². The van der Waals surface area contributed by atoms with Crippen molar-refractivity contribution in [1.82, 2.24) is 5.32 Å². The van der Waals surface area contributed by atoms with Crippen LogP contribution in [-0.4, -0.2) is 52.1 Å². The number of benzene rings is 1. The molecule has 174 valence electrons. The first-order valence-corrected chi connectivity index (χ1v) is 11.8. The predicted molar refractivity (Wildman–Crippen MR) is 129 cm³/mol. The van der Waals surface area contributed by atoms with Crippen molar-refractivity contribution in [3.63, 3.8) is 0 Å². The fraction of sp³-hybridized carbons (Fsp3) is 0.680. The van der Waals surface area contributed by atoms with E-state index in [0.29, 0.717) is 30.1 Å². The topological polar surface area (TPSA) is 65.9 Å². The second-order valence-electron chi connectivity index (χ2n) is 10.6. The van der Waals surface area contributed by atoms with Gasteiger partial charge >= 0.3 is 0 Å². The van der Waals surface area contributed by atoms with E-state index in [9.17, 15) is 9.59 Å². The third-order valence-corrected chi connectivity index (χ3v) is 5.61. The van der Waals surface area contributed by atoms with Crippen LogP contribution in [0.4, 0.5) is 11.4 Å². The molecule has 2 rings (SSSR count). The quantitative estimate of drug-likeness (QED) is 0.499. The molecule has 0 bridgehead atoms.